The van der Waals surface area contributed by atoms with Gasteiger partial charge in [-0.3, -0.25) is 9.69 Å². The lowest BCUT2D eigenvalue weighted by molar-refractivity contribution is -0.376. The Kier molecular flexibility index (Phi) is 7.48. The number of carbonyl (C=O) groups is 2. The summed E-state index contributed by atoms with van der Waals surface area (Å²) < 4.78 is 83.6. The molecule has 1 aliphatic rings. The van der Waals surface area contributed by atoms with Crippen LogP contribution in [-0.2, 0) is 10.4 Å². The molecule has 0 spiro atoms. The van der Waals surface area contributed by atoms with Gasteiger partial charge in [-0.15, -0.1) is 0 Å². The van der Waals surface area contributed by atoms with Crippen LogP contribution in [0, 0.1) is 0 Å². The highest BCUT2D eigenvalue weighted by Crippen LogP contribution is 2.52. The van der Waals surface area contributed by atoms with E-state index in [1.165, 1.54) is 11.9 Å². The van der Waals surface area contributed by atoms with E-state index in [4.69, 9.17) is 27.9 Å². The average molecular weight is 525 g/mol. The van der Waals surface area contributed by atoms with Gasteiger partial charge in [0.25, 0.3) is 11.5 Å². The number of amides is 3. The predicted molar refractivity (Wildman–Crippen MR) is 106 cm³/mol. The Hall–Kier alpha value is -1.92. The van der Waals surface area contributed by atoms with Crippen LogP contribution in [0.3, 0.4) is 0 Å². The van der Waals surface area contributed by atoms with Crippen molar-refractivity contribution in [3.05, 3.63) is 27.7 Å². The first-order valence-electron chi connectivity index (χ1n) is 9.45. The highest BCUT2D eigenvalue weighted by atomic mass is 35.5. The summed E-state index contributed by atoms with van der Waals surface area (Å²) >= 11 is 11.6. The van der Waals surface area contributed by atoms with E-state index in [9.17, 15) is 41.0 Å². The molecule has 0 atom stereocenters. The lowest BCUT2D eigenvalue weighted by atomic mass is 9.92. The van der Waals surface area contributed by atoms with E-state index < -0.39 is 45.1 Å². The Morgan fingerprint density at radius 3 is 1.88 bits per heavy atom. The van der Waals surface area contributed by atoms with Gasteiger partial charge in [-0.2, -0.15) is 26.3 Å². The van der Waals surface area contributed by atoms with E-state index in [0.29, 0.717) is 6.42 Å². The van der Waals surface area contributed by atoms with E-state index in [-0.39, 0.29) is 43.4 Å². The number of hydrogen-bond acceptors (Lipinski definition) is 4. The van der Waals surface area contributed by atoms with Crippen molar-refractivity contribution < 1.29 is 45.8 Å². The van der Waals surface area contributed by atoms with E-state index >= 15 is 0 Å². The molecule has 1 saturated heterocycles. The maximum atomic E-state index is 13.1. The number of ether oxygens (including phenoxy) is 1. The largest absolute Gasteiger partial charge is 0.490 e. The van der Waals surface area contributed by atoms with Crippen molar-refractivity contribution in [2.75, 3.05) is 20.2 Å². The Labute approximate surface area is 195 Å². The van der Waals surface area contributed by atoms with E-state index in [1.807, 2.05) is 0 Å². The molecule has 6 nitrogen and oxygen atoms in total. The molecule has 33 heavy (non-hydrogen) atoms. The van der Waals surface area contributed by atoms with Crippen molar-refractivity contribution in [2.45, 2.75) is 50.2 Å². The van der Waals surface area contributed by atoms with Gasteiger partial charge in [0.05, 0.1) is 16.7 Å². The van der Waals surface area contributed by atoms with Crippen LogP contribution in [0.2, 0.25) is 10.0 Å². The quantitative estimate of drug-likeness (QED) is 0.304. The molecular formula is C19H20Cl2F6N2O4. The van der Waals surface area contributed by atoms with Crippen LogP contribution in [-0.4, -0.2) is 64.9 Å². The third-order valence-electron chi connectivity index (χ3n) is 5.38. The molecule has 1 aliphatic heterocycles. The molecule has 186 valence electrons. The van der Waals surface area contributed by atoms with Crippen LogP contribution in [0.1, 0.15) is 32.3 Å². The van der Waals surface area contributed by atoms with Gasteiger partial charge >= 0.3 is 18.4 Å². The maximum Gasteiger partial charge on any atom is 0.430 e. The number of halogens is 8. The second-order valence-electron chi connectivity index (χ2n) is 7.89. The second-order valence-corrected chi connectivity index (χ2v) is 8.70. The number of unbranched alkanes of at least 4 members (excludes halogenated alkanes) is 1. The van der Waals surface area contributed by atoms with Crippen LogP contribution >= 0.6 is 23.2 Å². The highest BCUT2D eigenvalue weighted by molar-refractivity contribution is 6.37. The molecule has 0 aliphatic carbocycles. The monoisotopic (exact) mass is 524 g/mol. The number of benzene rings is 1. The van der Waals surface area contributed by atoms with Crippen LogP contribution in [0.25, 0.3) is 0 Å². The molecule has 14 heteroatoms. The molecule has 0 bridgehead atoms. The molecule has 0 saturated carbocycles. The van der Waals surface area contributed by atoms with Gasteiger partial charge in [0.15, 0.2) is 5.75 Å². The number of hydrogen-bond donors (Lipinski definition) is 1. The zero-order valence-corrected chi connectivity index (χ0v) is 19.1. The summed E-state index contributed by atoms with van der Waals surface area (Å²) in [4.78, 5) is 26.8. The average Bonchev–Trinajstić information content (AvgIpc) is 2.81. The van der Waals surface area contributed by atoms with Gasteiger partial charge in [-0.25, -0.2) is 4.79 Å². The van der Waals surface area contributed by atoms with Crippen molar-refractivity contribution in [1.82, 2.24) is 9.80 Å². The lowest BCUT2D eigenvalue weighted by Crippen LogP contribution is -2.53. The number of alkyl halides is 6. The standard InChI is InChI=1S/C19H20Cl2F6N2O4/c1-16(2)14(30)29(15(31)28(16)3)6-4-5-7-33-13-11(20)8-10(9-12(13)21)17(32,18(22,23)24)19(25,26)27/h8-9,32H,4-7H2,1-3H3. The summed E-state index contributed by atoms with van der Waals surface area (Å²) in [5.41, 5.74) is -7.77. The smallest absolute Gasteiger partial charge is 0.430 e. The first-order chi connectivity index (χ1) is 14.9. The van der Waals surface area contributed by atoms with Gasteiger partial charge in [0.2, 0.25) is 0 Å². The van der Waals surface area contributed by atoms with Crippen molar-refractivity contribution in [1.29, 1.82) is 0 Å². The summed E-state index contributed by atoms with van der Waals surface area (Å²) in [6.07, 6.45) is -11.6. The predicted octanol–water partition coefficient (Wildman–Crippen LogP) is 5.14. The van der Waals surface area contributed by atoms with Crippen LogP contribution in [0.15, 0.2) is 12.1 Å². The third kappa shape index (κ3) is 4.83. The zero-order chi connectivity index (χ0) is 25.6. The molecule has 1 N–H and O–H groups in total. The first kappa shape index (κ1) is 27.3. The van der Waals surface area contributed by atoms with Gasteiger partial charge in [-0.05, 0) is 38.8 Å². The molecule has 1 heterocycles. The number of nitrogens with zero attached hydrogens (tertiary/aromatic N) is 2. The van der Waals surface area contributed by atoms with Crippen LogP contribution < -0.4 is 4.74 Å². The lowest BCUT2D eigenvalue weighted by Gasteiger charge is -2.33. The number of imide groups is 1. The van der Waals surface area contributed by atoms with E-state index in [2.05, 4.69) is 0 Å². The van der Waals surface area contributed by atoms with Crippen molar-refractivity contribution in [3.63, 3.8) is 0 Å². The summed E-state index contributed by atoms with van der Waals surface area (Å²) in [5.74, 6) is -0.748. The van der Waals surface area contributed by atoms with Crippen molar-refractivity contribution in [2.24, 2.45) is 0 Å². The Morgan fingerprint density at radius 1 is 1.00 bits per heavy atom. The molecule has 2 rings (SSSR count). The Bertz CT molecular complexity index is 899. The van der Waals surface area contributed by atoms with Gasteiger partial charge in [0, 0.05) is 19.2 Å². The highest BCUT2D eigenvalue weighted by Gasteiger charge is 2.71. The molecular weight excluding hydrogens is 505 g/mol. The van der Waals surface area contributed by atoms with Gasteiger partial charge < -0.3 is 14.7 Å². The Morgan fingerprint density at radius 2 is 1.48 bits per heavy atom. The second kappa shape index (κ2) is 9.03. The number of aliphatic hydroxyl groups is 1. The molecule has 1 aromatic carbocycles. The minimum absolute atomic E-state index is 0.0827. The normalized spacial score (nSPS) is 17.2. The Balaban J connectivity index is 2.06. The molecule has 3 amide bonds. The maximum absolute atomic E-state index is 13.1. The SMILES string of the molecule is CN1C(=O)N(CCCCOc2c(Cl)cc(C(O)(C(F)(F)F)C(F)(F)F)cc2Cl)C(=O)C1(C)C. The molecule has 1 aromatic rings. The number of carbonyl (C=O) groups excluding carboxylic acids is 2. The third-order valence-corrected chi connectivity index (χ3v) is 5.95. The first-order valence-corrected chi connectivity index (χ1v) is 10.2. The van der Waals surface area contributed by atoms with E-state index in [1.54, 1.807) is 13.8 Å². The minimum Gasteiger partial charge on any atom is -0.490 e. The van der Waals surface area contributed by atoms with E-state index in [0.717, 1.165) is 4.90 Å². The van der Waals surface area contributed by atoms with Gasteiger partial charge in [-0.1, -0.05) is 23.2 Å². The molecule has 0 unspecified atom stereocenters. The van der Waals surface area contributed by atoms with Crippen molar-refractivity contribution >= 4 is 35.1 Å². The fourth-order valence-electron chi connectivity index (χ4n) is 3.12. The zero-order valence-electron chi connectivity index (χ0n) is 17.6. The van der Waals surface area contributed by atoms with Crippen LogP contribution in [0.5, 0.6) is 5.75 Å². The molecule has 1 fully saturated rings. The number of rotatable bonds is 7. The molecule has 0 radical (unpaired) electrons. The minimum atomic E-state index is -6.09. The topological polar surface area (TPSA) is 70.1 Å². The molecule has 0 aromatic heterocycles. The summed E-state index contributed by atoms with van der Waals surface area (Å²) in [7, 11) is 1.50. The fourth-order valence-corrected chi connectivity index (χ4v) is 3.72. The summed E-state index contributed by atoms with van der Waals surface area (Å²) in [5, 5.41) is 8.13. The van der Waals surface area contributed by atoms with Gasteiger partial charge in [0.1, 0.15) is 5.54 Å². The fraction of sp³-hybridized carbons (Fsp3) is 0.579. The summed E-state index contributed by atoms with van der Waals surface area (Å²) in [6.45, 7) is 3.17. The number of urea groups is 1. The van der Waals surface area contributed by atoms with Crippen LogP contribution in [0.4, 0.5) is 31.1 Å². The number of likely N-dealkylation sites (N-methyl/N-ethyl adjacent to an activating group) is 1. The summed E-state index contributed by atoms with van der Waals surface area (Å²) in [6, 6.07) is 0.0985. The van der Waals surface area contributed by atoms with Crippen molar-refractivity contribution in [3.8, 4) is 5.75 Å².